The fourth-order valence-corrected chi connectivity index (χ4v) is 5.38. The number of rotatable bonds is 2. The summed E-state index contributed by atoms with van der Waals surface area (Å²) in [4.78, 5) is 5.25. The van der Waals surface area contributed by atoms with E-state index in [0.717, 1.165) is 38.3 Å². The number of morpholine rings is 2. The highest BCUT2D eigenvalue weighted by molar-refractivity contribution is 5.86. The highest BCUT2D eigenvalue weighted by atomic mass is 35.5. The van der Waals surface area contributed by atoms with Crippen LogP contribution in [0.5, 0.6) is 0 Å². The van der Waals surface area contributed by atoms with Crippen LogP contribution in [0.2, 0.25) is 0 Å². The van der Waals surface area contributed by atoms with Crippen molar-refractivity contribution in [1.29, 1.82) is 0 Å². The summed E-state index contributed by atoms with van der Waals surface area (Å²) in [7, 11) is 0. The summed E-state index contributed by atoms with van der Waals surface area (Å²) in [5.41, 5.74) is 0. The molecule has 6 N–H and O–H groups in total. The summed E-state index contributed by atoms with van der Waals surface area (Å²) in [6.07, 6.45) is 6.86. The molecule has 0 aliphatic carbocycles. The zero-order chi connectivity index (χ0) is 19.9. The topological polar surface area (TPSA) is 112 Å². The maximum absolute atomic E-state index is 5.75. The Bertz CT molecular complexity index is 405. The van der Waals surface area contributed by atoms with Crippen molar-refractivity contribution in [1.82, 2.24) is 20.4 Å². The molecule has 4 heterocycles. The summed E-state index contributed by atoms with van der Waals surface area (Å²) < 4.78 is 11.5. The van der Waals surface area contributed by atoms with Gasteiger partial charge in [0.15, 0.2) is 0 Å². The van der Waals surface area contributed by atoms with E-state index < -0.39 is 0 Å². The number of nitrogens with one attached hydrogen (secondary N) is 2. The molecular weight excluding hydrogens is 526 g/mol. The van der Waals surface area contributed by atoms with Gasteiger partial charge in [0.25, 0.3) is 0 Å². The Morgan fingerprint density at radius 2 is 0.735 bits per heavy atom. The Morgan fingerprint density at radius 3 is 0.971 bits per heavy atom. The molecule has 0 spiro atoms. The fraction of sp³-hybridized carbons (Fsp3) is 1.00. The summed E-state index contributed by atoms with van der Waals surface area (Å²) in [5.74, 6) is 0. The molecule has 0 radical (unpaired) electrons. The van der Waals surface area contributed by atoms with Gasteiger partial charge in [-0.3, -0.25) is 9.80 Å². The second-order valence-corrected chi connectivity index (χ2v) is 9.38. The monoisotopic (exact) mass is 576 g/mol. The Morgan fingerprint density at radius 1 is 0.500 bits per heavy atom. The minimum atomic E-state index is 0. The lowest BCUT2D eigenvalue weighted by atomic mass is 10.0. The van der Waals surface area contributed by atoms with E-state index in [2.05, 4.69) is 48.1 Å². The molecule has 0 unspecified atom stereocenters. The fourth-order valence-electron chi connectivity index (χ4n) is 5.38. The van der Waals surface area contributed by atoms with Crippen molar-refractivity contribution in [2.45, 2.75) is 89.9 Å². The normalized spacial score (nSPS) is 30.7. The molecule has 4 rings (SSSR count). The van der Waals surface area contributed by atoms with Crippen LogP contribution >= 0.6 is 49.6 Å². The van der Waals surface area contributed by atoms with Gasteiger partial charge < -0.3 is 31.1 Å². The van der Waals surface area contributed by atoms with Crippen molar-refractivity contribution in [3.63, 3.8) is 0 Å². The van der Waals surface area contributed by atoms with Gasteiger partial charge in [0.05, 0.1) is 24.4 Å². The molecule has 34 heavy (non-hydrogen) atoms. The van der Waals surface area contributed by atoms with E-state index in [9.17, 15) is 0 Å². The third-order valence-corrected chi connectivity index (χ3v) is 6.55. The molecule has 0 amide bonds. The molecule has 4 atom stereocenters. The molecule has 4 fully saturated rings. The zero-order valence-corrected chi connectivity index (χ0v) is 24.6. The van der Waals surface area contributed by atoms with Gasteiger partial charge in [-0.15, -0.1) is 49.6 Å². The lowest BCUT2D eigenvalue weighted by Gasteiger charge is -2.41. The molecule has 4 saturated heterocycles. The smallest absolute Gasteiger partial charge is 0.0678 e. The van der Waals surface area contributed by atoms with Gasteiger partial charge in [-0.2, -0.15) is 0 Å². The first-order valence-corrected chi connectivity index (χ1v) is 11.7. The van der Waals surface area contributed by atoms with Crippen LogP contribution in [0.4, 0.5) is 0 Å². The predicted octanol–water partition coefficient (Wildman–Crippen LogP) is 1.73. The summed E-state index contributed by atoms with van der Waals surface area (Å²) in [6.45, 7) is 18.0. The molecule has 0 aromatic rings. The van der Waals surface area contributed by atoms with Gasteiger partial charge in [-0.25, -0.2) is 0 Å². The molecular formula is C22H52Cl4N4O4. The first-order valence-electron chi connectivity index (χ1n) is 11.7. The van der Waals surface area contributed by atoms with Crippen molar-refractivity contribution >= 4 is 49.6 Å². The van der Waals surface area contributed by atoms with Gasteiger partial charge in [0, 0.05) is 38.3 Å². The van der Waals surface area contributed by atoms with E-state index in [0.29, 0.717) is 24.4 Å². The van der Waals surface area contributed by atoms with Gasteiger partial charge in [-0.1, -0.05) is 0 Å². The molecule has 212 valence electrons. The number of halogens is 4. The van der Waals surface area contributed by atoms with E-state index in [1.807, 2.05) is 0 Å². The van der Waals surface area contributed by atoms with Crippen LogP contribution in [0.15, 0.2) is 0 Å². The van der Waals surface area contributed by atoms with Crippen LogP contribution in [0.25, 0.3) is 0 Å². The van der Waals surface area contributed by atoms with Gasteiger partial charge in [0.2, 0.25) is 0 Å². The second-order valence-electron chi connectivity index (χ2n) is 9.38. The first-order chi connectivity index (χ1) is 13.5. The molecule has 8 nitrogen and oxygen atoms in total. The average molecular weight is 578 g/mol. The highest BCUT2D eigenvalue weighted by Crippen LogP contribution is 2.19. The summed E-state index contributed by atoms with van der Waals surface area (Å²) >= 11 is 0. The largest absolute Gasteiger partial charge is 0.412 e. The van der Waals surface area contributed by atoms with Crippen LogP contribution in [0.3, 0.4) is 0 Å². The Hall–Kier alpha value is 0.840. The van der Waals surface area contributed by atoms with Crippen LogP contribution < -0.4 is 10.6 Å². The number of nitrogens with zero attached hydrogens (tertiary/aromatic N) is 2. The van der Waals surface area contributed by atoms with Gasteiger partial charge in [0.1, 0.15) is 0 Å². The molecule has 0 aromatic carbocycles. The van der Waals surface area contributed by atoms with Crippen molar-refractivity contribution in [3.05, 3.63) is 0 Å². The Kier molecular flexibility index (Phi) is 27.0. The minimum absolute atomic E-state index is 0. The van der Waals surface area contributed by atoms with Crippen molar-refractivity contribution in [2.24, 2.45) is 0 Å². The van der Waals surface area contributed by atoms with E-state index >= 15 is 0 Å². The molecule has 0 bridgehead atoms. The van der Waals surface area contributed by atoms with Crippen molar-refractivity contribution < 1.29 is 20.4 Å². The third-order valence-electron chi connectivity index (χ3n) is 6.55. The highest BCUT2D eigenvalue weighted by Gasteiger charge is 2.29. The molecule has 4 aliphatic heterocycles. The van der Waals surface area contributed by atoms with Crippen molar-refractivity contribution in [3.8, 4) is 0 Å². The van der Waals surface area contributed by atoms with E-state index in [4.69, 9.17) is 9.47 Å². The van der Waals surface area contributed by atoms with Crippen molar-refractivity contribution in [2.75, 3.05) is 52.4 Å². The number of piperidine rings is 2. The quantitative estimate of drug-likeness (QED) is 0.517. The van der Waals surface area contributed by atoms with E-state index in [1.54, 1.807) is 0 Å². The van der Waals surface area contributed by atoms with Crippen LogP contribution in [-0.4, -0.2) is 110 Å². The predicted molar refractivity (Wildman–Crippen MR) is 151 cm³/mol. The Balaban J connectivity index is -0.000000225. The van der Waals surface area contributed by atoms with E-state index in [1.165, 1.54) is 51.9 Å². The van der Waals surface area contributed by atoms with Crippen LogP contribution in [0, 0.1) is 0 Å². The number of hydrogen-bond donors (Lipinski definition) is 2. The molecule has 4 aliphatic rings. The molecule has 12 heteroatoms. The molecule has 0 saturated carbocycles. The van der Waals surface area contributed by atoms with Crippen LogP contribution in [-0.2, 0) is 9.47 Å². The SMILES string of the molecule is C[C@@H]1CN(C2CCNCC2)C[C@H](C)O1.C[C@@H]1CN(C2CCNCC2)C[C@H](C)O1.Cl.Cl.Cl.Cl.O.O. The van der Waals surface area contributed by atoms with E-state index in [-0.39, 0.29) is 60.6 Å². The third kappa shape index (κ3) is 14.0. The average Bonchev–Trinajstić information content (AvgIpc) is 2.68. The minimum Gasteiger partial charge on any atom is -0.412 e. The lowest BCUT2D eigenvalue weighted by molar-refractivity contribution is -0.0833. The Labute approximate surface area is 232 Å². The maximum Gasteiger partial charge on any atom is 0.0678 e. The van der Waals surface area contributed by atoms with Gasteiger partial charge in [-0.05, 0) is 79.6 Å². The standard InChI is InChI=1S/2C11H22N2O.4ClH.2H2O/c2*1-9-7-13(8-10(2)14-9)11-3-5-12-6-4-11;;;;;;/h2*9-12H,3-8H2,1-2H3;4*1H;2*1H2/t2*9-,10+;;;;;;. The summed E-state index contributed by atoms with van der Waals surface area (Å²) in [5, 5.41) is 6.84. The lowest BCUT2D eigenvalue weighted by Crippen LogP contribution is -2.52. The van der Waals surface area contributed by atoms with Crippen LogP contribution in [0.1, 0.15) is 53.4 Å². The first kappa shape index (κ1) is 41.9. The molecule has 0 aromatic heterocycles. The maximum atomic E-state index is 5.75. The zero-order valence-electron chi connectivity index (χ0n) is 21.3. The number of ether oxygens (including phenoxy) is 2. The van der Waals surface area contributed by atoms with Gasteiger partial charge >= 0.3 is 0 Å². The second kappa shape index (κ2) is 21.9. The number of hydrogen-bond acceptors (Lipinski definition) is 6. The summed E-state index contributed by atoms with van der Waals surface area (Å²) in [6, 6.07) is 1.59.